The van der Waals surface area contributed by atoms with Gasteiger partial charge in [0.05, 0.1) is 6.04 Å². The Kier molecular flexibility index (Phi) is 7.60. The van der Waals surface area contributed by atoms with Crippen molar-refractivity contribution in [3.63, 3.8) is 0 Å². The van der Waals surface area contributed by atoms with E-state index in [0.29, 0.717) is 13.0 Å². The van der Waals surface area contributed by atoms with Crippen molar-refractivity contribution < 1.29 is 9.00 Å². The molecule has 0 bridgehead atoms. The summed E-state index contributed by atoms with van der Waals surface area (Å²) in [5.41, 5.74) is 5.63. The van der Waals surface area contributed by atoms with Gasteiger partial charge >= 0.3 is 0 Å². The maximum atomic E-state index is 11.4. The van der Waals surface area contributed by atoms with E-state index < -0.39 is 16.8 Å². The maximum absolute atomic E-state index is 11.4. The second kappa shape index (κ2) is 7.82. The molecule has 0 aromatic carbocycles. The molecular formula is C10H22N2O2S. The van der Waals surface area contributed by atoms with Crippen molar-refractivity contribution in [2.75, 3.05) is 12.8 Å². The van der Waals surface area contributed by atoms with E-state index in [1.165, 1.54) is 0 Å². The summed E-state index contributed by atoms with van der Waals surface area (Å²) in [6.07, 6.45) is 4.02. The summed E-state index contributed by atoms with van der Waals surface area (Å²) >= 11 is 0. The molecule has 0 aromatic heterocycles. The Bertz CT molecular complexity index is 221. The van der Waals surface area contributed by atoms with Crippen molar-refractivity contribution in [1.29, 1.82) is 0 Å². The molecule has 0 heterocycles. The van der Waals surface area contributed by atoms with Crippen LogP contribution in [-0.2, 0) is 15.6 Å². The minimum Gasteiger partial charge on any atom is -0.355 e. The molecule has 0 fully saturated rings. The van der Waals surface area contributed by atoms with E-state index in [-0.39, 0.29) is 11.2 Å². The Labute approximate surface area is 94.4 Å². The first-order valence-electron chi connectivity index (χ1n) is 5.34. The highest BCUT2D eigenvalue weighted by Gasteiger charge is 2.12. The van der Waals surface area contributed by atoms with Gasteiger partial charge in [0.15, 0.2) is 0 Å². The van der Waals surface area contributed by atoms with Gasteiger partial charge in [-0.15, -0.1) is 0 Å². The fourth-order valence-electron chi connectivity index (χ4n) is 1.14. The Morgan fingerprint density at radius 2 is 2.07 bits per heavy atom. The van der Waals surface area contributed by atoms with Gasteiger partial charge in [-0.1, -0.05) is 20.3 Å². The molecule has 0 aromatic rings. The monoisotopic (exact) mass is 234 g/mol. The molecule has 1 amide bonds. The van der Waals surface area contributed by atoms with Crippen molar-refractivity contribution in [2.24, 2.45) is 5.73 Å². The third kappa shape index (κ3) is 6.62. The highest BCUT2D eigenvalue weighted by molar-refractivity contribution is 7.84. The molecule has 0 spiro atoms. The van der Waals surface area contributed by atoms with E-state index >= 15 is 0 Å². The van der Waals surface area contributed by atoms with Crippen LogP contribution >= 0.6 is 0 Å². The van der Waals surface area contributed by atoms with Crippen LogP contribution in [0.4, 0.5) is 0 Å². The van der Waals surface area contributed by atoms with Crippen LogP contribution in [-0.4, -0.2) is 34.2 Å². The normalized spacial score (nSPS) is 16.8. The number of carbonyl (C=O) groups excluding carboxylic acids is 1. The van der Waals surface area contributed by atoms with Gasteiger partial charge in [0.2, 0.25) is 5.91 Å². The van der Waals surface area contributed by atoms with Crippen molar-refractivity contribution in [1.82, 2.24) is 5.32 Å². The van der Waals surface area contributed by atoms with Crippen LogP contribution in [0.5, 0.6) is 0 Å². The first kappa shape index (κ1) is 14.6. The van der Waals surface area contributed by atoms with E-state index in [1.54, 1.807) is 6.26 Å². The summed E-state index contributed by atoms with van der Waals surface area (Å²) in [4.78, 5) is 11.4. The summed E-state index contributed by atoms with van der Waals surface area (Å²) in [5, 5.41) is 2.87. The number of hydrogen-bond acceptors (Lipinski definition) is 3. The third-order valence-corrected chi connectivity index (χ3v) is 3.72. The zero-order chi connectivity index (χ0) is 11.8. The SMILES string of the molecule is CCC[C@H](N)C(=O)NCCC(C)S(C)=O. The number of rotatable bonds is 7. The Morgan fingerprint density at radius 1 is 1.47 bits per heavy atom. The molecule has 3 N–H and O–H groups in total. The quantitative estimate of drug-likeness (QED) is 0.669. The van der Waals surface area contributed by atoms with Gasteiger partial charge in [-0.25, -0.2) is 0 Å². The molecule has 0 aliphatic carbocycles. The number of amides is 1. The molecule has 3 atom stereocenters. The summed E-state index contributed by atoms with van der Waals surface area (Å²) in [6.45, 7) is 4.46. The second-order valence-corrected chi connectivity index (χ2v) is 5.59. The molecule has 0 rings (SSSR count). The lowest BCUT2D eigenvalue weighted by molar-refractivity contribution is -0.122. The molecule has 0 radical (unpaired) electrons. The Hall–Kier alpha value is -0.420. The second-order valence-electron chi connectivity index (χ2n) is 3.78. The maximum Gasteiger partial charge on any atom is 0.236 e. The molecule has 2 unspecified atom stereocenters. The summed E-state index contributed by atoms with van der Waals surface area (Å²) in [6, 6.07) is -0.405. The van der Waals surface area contributed by atoms with Crippen molar-refractivity contribution in [2.45, 2.75) is 44.4 Å². The number of nitrogens with two attached hydrogens (primary N) is 1. The topological polar surface area (TPSA) is 72.2 Å². The smallest absolute Gasteiger partial charge is 0.236 e. The first-order valence-corrected chi connectivity index (χ1v) is 6.96. The number of hydrogen-bond donors (Lipinski definition) is 2. The van der Waals surface area contributed by atoms with E-state index in [2.05, 4.69) is 5.32 Å². The first-order chi connectivity index (χ1) is 6.99. The lowest BCUT2D eigenvalue weighted by atomic mass is 10.1. The van der Waals surface area contributed by atoms with Gasteiger partial charge in [-0.05, 0) is 12.8 Å². The summed E-state index contributed by atoms with van der Waals surface area (Å²) in [7, 11) is -0.822. The van der Waals surface area contributed by atoms with E-state index in [0.717, 1.165) is 12.8 Å². The zero-order valence-electron chi connectivity index (χ0n) is 9.79. The van der Waals surface area contributed by atoms with Crippen molar-refractivity contribution >= 4 is 16.7 Å². The Morgan fingerprint density at radius 3 is 2.53 bits per heavy atom. The number of carbonyl (C=O) groups is 1. The van der Waals surface area contributed by atoms with Gasteiger partial charge in [-0.2, -0.15) is 0 Å². The van der Waals surface area contributed by atoms with Crippen LogP contribution in [0.1, 0.15) is 33.1 Å². The van der Waals surface area contributed by atoms with Gasteiger partial charge in [0, 0.05) is 28.9 Å². The molecule has 0 saturated carbocycles. The van der Waals surface area contributed by atoms with E-state index in [1.807, 2.05) is 13.8 Å². The highest BCUT2D eigenvalue weighted by atomic mass is 32.2. The third-order valence-electron chi connectivity index (χ3n) is 2.35. The van der Waals surface area contributed by atoms with Crippen molar-refractivity contribution in [3.05, 3.63) is 0 Å². The minimum atomic E-state index is -0.822. The van der Waals surface area contributed by atoms with Gasteiger partial charge in [0.25, 0.3) is 0 Å². The molecular weight excluding hydrogens is 212 g/mol. The molecule has 0 saturated heterocycles. The predicted octanol–water partition coefficient (Wildman–Crippen LogP) is 0.387. The predicted molar refractivity (Wildman–Crippen MR) is 64.0 cm³/mol. The van der Waals surface area contributed by atoms with Crippen LogP contribution in [0.2, 0.25) is 0 Å². The molecule has 5 heteroatoms. The van der Waals surface area contributed by atoms with Crippen LogP contribution < -0.4 is 11.1 Å². The summed E-state index contributed by atoms with van der Waals surface area (Å²) < 4.78 is 11.0. The lowest BCUT2D eigenvalue weighted by Crippen LogP contribution is -2.41. The molecule has 4 nitrogen and oxygen atoms in total. The van der Waals surface area contributed by atoms with Gasteiger partial charge < -0.3 is 11.1 Å². The standard InChI is InChI=1S/C10H22N2O2S/c1-4-5-9(11)10(13)12-7-6-8(2)15(3)14/h8-9H,4-7,11H2,1-3H3,(H,12,13)/t8?,9-,15?/m0/s1. The van der Waals surface area contributed by atoms with Crippen LogP contribution in [0.15, 0.2) is 0 Å². The zero-order valence-corrected chi connectivity index (χ0v) is 10.6. The number of nitrogens with one attached hydrogen (secondary N) is 1. The molecule has 90 valence electrons. The molecule has 0 aliphatic heterocycles. The highest BCUT2D eigenvalue weighted by Crippen LogP contribution is 1.98. The van der Waals surface area contributed by atoms with Crippen molar-refractivity contribution in [3.8, 4) is 0 Å². The Balaban J connectivity index is 3.67. The average molecular weight is 234 g/mol. The van der Waals surface area contributed by atoms with Gasteiger partial charge in [0.1, 0.15) is 0 Å². The van der Waals surface area contributed by atoms with E-state index in [4.69, 9.17) is 5.73 Å². The fraction of sp³-hybridized carbons (Fsp3) is 0.900. The summed E-state index contributed by atoms with van der Waals surface area (Å²) in [5.74, 6) is -0.106. The van der Waals surface area contributed by atoms with Crippen LogP contribution in [0, 0.1) is 0 Å². The van der Waals surface area contributed by atoms with Gasteiger partial charge in [-0.3, -0.25) is 9.00 Å². The fourth-order valence-corrected chi connectivity index (χ4v) is 1.59. The van der Waals surface area contributed by atoms with Crippen LogP contribution in [0.3, 0.4) is 0 Å². The van der Waals surface area contributed by atoms with E-state index in [9.17, 15) is 9.00 Å². The van der Waals surface area contributed by atoms with Crippen LogP contribution in [0.25, 0.3) is 0 Å². The molecule has 0 aliphatic rings. The molecule has 15 heavy (non-hydrogen) atoms. The average Bonchev–Trinajstić information content (AvgIpc) is 2.17. The lowest BCUT2D eigenvalue weighted by Gasteiger charge is -2.12. The largest absolute Gasteiger partial charge is 0.355 e. The minimum absolute atomic E-state index is 0.106.